The number of piperidine rings is 4. The molecule has 6 heterocycles. The summed E-state index contributed by atoms with van der Waals surface area (Å²) in [5, 5.41) is 2.57. The van der Waals surface area contributed by atoms with Crippen molar-refractivity contribution >= 4 is 21.8 Å². The third kappa shape index (κ3) is 5.44. The van der Waals surface area contributed by atoms with Gasteiger partial charge in [-0.15, -0.1) is 11.8 Å². The van der Waals surface area contributed by atoms with E-state index in [1.807, 2.05) is 0 Å². The van der Waals surface area contributed by atoms with Gasteiger partial charge in [-0.3, -0.25) is 4.90 Å². The Morgan fingerprint density at radius 2 is 1.94 bits per heavy atom. The average molecular weight is 474 g/mol. The zero-order chi connectivity index (χ0) is 21.3. The quantitative estimate of drug-likeness (QED) is 0.431. The summed E-state index contributed by atoms with van der Waals surface area (Å²) in [6.45, 7) is 10.6. The van der Waals surface area contributed by atoms with Crippen LogP contribution in [0.15, 0.2) is 0 Å². The van der Waals surface area contributed by atoms with E-state index in [0.29, 0.717) is 12.6 Å². The van der Waals surface area contributed by atoms with Crippen LogP contribution in [0.25, 0.3) is 0 Å². The van der Waals surface area contributed by atoms with Crippen LogP contribution in [-0.2, 0) is 10.0 Å². The van der Waals surface area contributed by atoms with E-state index < -0.39 is 10.0 Å². The molecular weight excluding hydrogens is 430 g/mol. The molecule has 0 aromatic rings. The number of piperazine rings is 1. The Kier molecular flexibility index (Phi) is 7.49. The molecule has 0 aliphatic carbocycles. The number of thioether (sulfide) groups is 1. The van der Waals surface area contributed by atoms with Crippen molar-refractivity contribution in [2.45, 2.75) is 61.7 Å². The SMILES string of the molecule is O=S(=O)(NC[C@H]1C[C@@H]2CC[NH+]1C[C@H]2CN1CCN(C2CCCC[NH2+]2)CC1)C1CCCS1. The molecule has 0 aromatic carbocycles. The van der Waals surface area contributed by atoms with Gasteiger partial charge in [0.1, 0.15) is 16.8 Å². The fraction of sp³-hybridized carbons (Fsp3) is 1.00. The van der Waals surface area contributed by atoms with E-state index in [1.165, 1.54) is 84.5 Å². The monoisotopic (exact) mass is 473 g/mol. The molecule has 9 heteroatoms. The predicted octanol–water partition coefficient (Wildman–Crippen LogP) is -1.26. The Balaban J connectivity index is 1.07. The van der Waals surface area contributed by atoms with Crippen LogP contribution in [-0.4, -0.2) is 99.7 Å². The number of fused-ring (bicyclic) bond motifs is 3. The van der Waals surface area contributed by atoms with Crippen molar-refractivity contribution in [1.29, 1.82) is 0 Å². The largest absolute Gasteiger partial charge is 0.331 e. The lowest BCUT2D eigenvalue weighted by Crippen LogP contribution is -3.20. The number of hydrogen-bond acceptors (Lipinski definition) is 5. The predicted molar refractivity (Wildman–Crippen MR) is 126 cm³/mol. The first-order chi connectivity index (χ1) is 15.1. The van der Waals surface area contributed by atoms with Gasteiger partial charge >= 0.3 is 0 Å². The zero-order valence-electron chi connectivity index (χ0n) is 19.0. The molecule has 7 nitrogen and oxygen atoms in total. The van der Waals surface area contributed by atoms with Gasteiger partial charge < -0.3 is 15.1 Å². The number of sulfonamides is 1. The summed E-state index contributed by atoms with van der Waals surface area (Å²) in [6.07, 6.45) is 9.29. The first-order valence-electron chi connectivity index (χ1n) is 12.8. The highest BCUT2D eigenvalue weighted by molar-refractivity contribution is 8.13. The summed E-state index contributed by atoms with van der Waals surface area (Å²) in [7, 11) is -3.14. The molecule has 31 heavy (non-hydrogen) atoms. The van der Waals surface area contributed by atoms with E-state index in [-0.39, 0.29) is 4.58 Å². The Morgan fingerprint density at radius 3 is 2.61 bits per heavy atom. The van der Waals surface area contributed by atoms with E-state index in [9.17, 15) is 8.42 Å². The fourth-order valence-electron chi connectivity index (χ4n) is 6.84. The van der Waals surface area contributed by atoms with Crippen molar-refractivity contribution in [2.75, 3.05) is 64.7 Å². The van der Waals surface area contributed by atoms with Crippen molar-refractivity contribution in [3.63, 3.8) is 0 Å². The van der Waals surface area contributed by atoms with Crippen LogP contribution < -0.4 is 14.9 Å². The van der Waals surface area contributed by atoms with Crippen molar-refractivity contribution in [1.82, 2.24) is 14.5 Å². The molecule has 0 spiro atoms. The minimum absolute atomic E-state index is 0.212. The van der Waals surface area contributed by atoms with E-state index >= 15 is 0 Å². The molecule has 2 bridgehead atoms. The molecule has 0 radical (unpaired) electrons. The molecule has 0 aromatic heterocycles. The van der Waals surface area contributed by atoms with Gasteiger partial charge in [0.2, 0.25) is 10.0 Å². The molecule has 6 atom stereocenters. The topological polar surface area (TPSA) is 73.7 Å². The number of quaternary nitrogens is 2. The third-order valence-electron chi connectivity index (χ3n) is 8.72. The number of nitrogens with zero attached hydrogens (tertiary/aromatic N) is 2. The van der Waals surface area contributed by atoms with Gasteiger partial charge in [0.15, 0.2) is 0 Å². The van der Waals surface area contributed by atoms with Gasteiger partial charge in [-0.25, -0.2) is 13.1 Å². The highest BCUT2D eigenvalue weighted by Crippen LogP contribution is 2.31. The van der Waals surface area contributed by atoms with E-state index in [1.54, 1.807) is 16.7 Å². The van der Waals surface area contributed by atoms with Crippen molar-refractivity contribution in [2.24, 2.45) is 11.8 Å². The molecule has 6 fully saturated rings. The molecule has 6 aliphatic heterocycles. The molecule has 4 N–H and O–H groups in total. The molecule has 0 saturated carbocycles. The lowest BCUT2D eigenvalue weighted by Gasteiger charge is -2.49. The average Bonchev–Trinajstić information content (AvgIpc) is 3.36. The van der Waals surface area contributed by atoms with Crippen LogP contribution in [0.2, 0.25) is 0 Å². The molecule has 178 valence electrons. The van der Waals surface area contributed by atoms with E-state index in [0.717, 1.165) is 36.6 Å². The third-order valence-corrected chi connectivity index (χ3v) is 12.5. The molecule has 0 amide bonds. The summed E-state index contributed by atoms with van der Waals surface area (Å²) < 4.78 is 28.0. The summed E-state index contributed by atoms with van der Waals surface area (Å²) in [5.41, 5.74) is 0. The maximum absolute atomic E-state index is 12.6. The molecule has 6 saturated heterocycles. The Hall–Kier alpha value is 0.1000. The molecular formula is C22H43N5O2S2+2. The van der Waals surface area contributed by atoms with Crippen LogP contribution in [0, 0.1) is 11.8 Å². The van der Waals surface area contributed by atoms with Crippen LogP contribution in [0.3, 0.4) is 0 Å². The Labute approximate surface area is 193 Å². The summed E-state index contributed by atoms with van der Waals surface area (Å²) in [6, 6.07) is 0.481. The second-order valence-electron chi connectivity index (χ2n) is 10.6. The molecule has 3 unspecified atom stereocenters. The van der Waals surface area contributed by atoms with Gasteiger partial charge in [0, 0.05) is 57.9 Å². The van der Waals surface area contributed by atoms with Gasteiger partial charge in [-0.1, -0.05) is 0 Å². The number of hydrogen-bond donors (Lipinski definition) is 3. The van der Waals surface area contributed by atoms with Gasteiger partial charge in [0.25, 0.3) is 0 Å². The Bertz CT molecular complexity index is 688. The highest BCUT2D eigenvalue weighted by atomic mass is 32.3. The summed E-state index contributed by atoms with van der Waals surface area (Å²) in [5.74, 6) is 2.58. The summed E-state index contributed by atoms with van der Waals surface area (Å²) in [4.78, 5) is 7.10. The van der Waals surface area contributed by atoms with Crippen molar-refractivity contribution in [3.05, 3.63) is 0 Å². The zero-order valence-corrected chi connectivity index (χ0v) is 20.6. The maximum atomic E-state index is 12.6. The van der Waals surface area contributed by atoms with E-state index in [4.69, 9.17) is 0 Å². The first-order valence-corrected chi connectivity index (χ1v) is 15.4. The maximum Gasteiger partial charge on any atom is 0.224 e. The second-order valence-corrected chi connectivity index (χ2v) is 14.2. The Morgan fingerprint density at radius 1 is 1.06 bits per heavy atom. The lowest BCUT2D eigenvalue weighted by atomic mass is 9.75. The smallest absolute Gasteiger partial charge is 0.224 e. The number of nitrogens with one attached hydrogen (secondary N) is 2. The highest BCUT2D eigenvalue weighted by Gasteiger charge is 2.44. The first kappa shape index (κ1) is 22.9. The second kappa shape index (κ2) is 10.2. The van der Waals surface area contributed by atoms with Crippen LogP contribution in [0.4, 0.5) is 0 Å². The normalized spacial score (nSPS) is 40.4. The standard InChI is InChI=1S/C22H41N5O2S2/c28-31(29,22-5-3-13-30-22)24-15-20-14-18-6-8-27(20)17-19(18)16-25-9-11-26(12-10-25)21-4-1-2-7-23-21/h18-24H,1-17H2/p+2/t18-,19+,20+,21?,22?/m0/s1. The van der Waals surface area contributed by atoms with Crippen molar-refractivity contribution < 1.29 is 18.6 Å². The van der Waals surface area contributed by atoms with Crippen LogP contribution >= 0.6 is 11.8 Å². The minimum Gasteiger partial charge on any atom is -0.331 e. The molecule has 6 aliphatic rings. The lowest BCUT2D eigenvalue weighted by molar-refractivity contribution is -0.945. The van der Waals surface area contributed by atoms with Crippen LogP contribution in [0.1, 0.15) is 44.9 Å². The minimum atomic E-state index is -3.14. The van der Waals surface area contributed by atoms with E-state index in [2.05, 4.69) is 19.8 Å². The van der Waals surface area contributed by atoms with Gasteiger partial charge in [-0.05, 0) is 37.4 Å². The molecule has 6 rings (SSSR count). The van der Waals surface area contributed by atoms with Gasteiger partial charge in [0.05, 0.1) is 26.2 Å². The van der Waals surface area contributed by atoms with Gasteiger partial charge in [-0.2, -0.15) is 0 Å². The number of rotatable bonds is 7. The fourth-order valence-corrected chi connectivity index (χ4v) is 10.1. The number of nitrogens with two attached hydrogens (primary N) is 1. The van der Waals surface area contributed by atoms with Crippen molar-refractivity contribution in [3.8, 4) is 0 Å². The summed E-state index contributed by atoms with van der Waals surface area (Å²) >= 11 is 1.61. The van der Waals surface area contributed by atoms with Crippen LogP contribution in [0.5, 0.6) is 0 Å².